The maximum absolute atomic E-state index is 12.1. The fraction of sp³-hybridized carbons (Fsp3) is 0.263. The molecule has 2 aromatic rings. The van der Waals surface area contributed by atoms with E-state index >= 15 is 0 Å². The predicted molar refractivity (Wildman–Crippen MR) is 92.7 cm³/mol. The zero-order valence-corrected chi connectivity index (χ0v) is 13.5. The number of Topliss-reactive ketones (excluding diaryl/α,β-unsaturated/α-hetero) is 1. The van der Waals surface area contributed by atoms with E-state index < -0.39 is 0 Å². The first kappa shape index (κ1) is 16.7. The summed E-state index contributed by atoms with van der Waals surface area (Å²) in [4.78, 5) is 23.5. The van der Waals surface area contributed by atoms with E-state index in [1.165, 1.54) is 12.5 Å². The molecular weight excluding hydrogens is 288 g/mol. The van der Waals surface area contributed by atoms with Crippen molar-refractivity contribution < 1.29 is 9.59 Å². The van der Waals surface area contributed by atoms with E-state index in [0.29, 0.717) is 12.1 Å². The molecule has 2 N–H and O–H groups in total. The van der Waals surface area contributed by atoms with Crippen molar-refractivity contribution in [2.75, 3.05) is 11.9 Å². The molecule has 1 unspecified atom stereocenters. The van der Waals surface area contributed by atoms with Crippen LogP contribution in [0.5, 0.6) is 0 Å². The molecule has 0 radical (unpaired) electrons. The highest BCUT2D eigenvalue weighted by atomic mass is 16.2. The number of nitrogens with one attached hydrogen (secondary N) is 2. The smallest absolute Gasteiger partial charge is 0.242 e. The van der Waals surface area contributed by atoms with E-state index in [1.54, 1.807) is 25.1 Å². The highest BCUT2D eigenvalue weighted by molar-refractivity contribution is 5.95. The van der Waals surface area contributed by atoms with Gasteiger partial charge in [0.05, 0.1) is 0 Å². The summed E-state index contributed by atoms with van der Waals surface area (Å²) in [6.07, 6.45) is 0.805. The molecule has 0 aliphatic heterocycles. The summed E-state index contributed by atoms with van der Waals surface area (Å²) in [5, 5.41) is 6.04. The van der Waals surface area contributed by atoms with Gasteiger partial charge < -0.3 is 10.6 Å². The summed E-state index contributed by atoms with van der Waals surface area (Å²) in [7, 11) is 0. The number of ketones is 1. The third-order valence-corrected chi connectivity index (χ3v) is 3.60. The first-order chi connectivity index (χ1) is 11.1. The lowest BCUT2D eigenvalue weighted by Crippen LogP contribution is -2.38. The molecule has 4 heteroatoms. The Morgan fingerprint density at radius 3 is 2.48 bits per heavy atom. The van der Waals surface area contributed by atoms with Crippen LogP contribution in [0.2, 0.25) is 0 Å². The van der Waals surface area contributed by atoms with Crippen molar-refractivity contribution in [2.45, 2.75) is 26.3 Å². The molecule has 2 rings (SSSR count). The van der Waals surface area contributed by atoms with Crippen LogP contribution < -0.4 is 10.6 Å². The van der Waals surface area contributed by atoms with Gasteiger partial charge in [0.25, 0.3) is 0 Å². The van der Waals surface area contributed by atoms with Gasteiger partial charge in [-0.25, -0.2) is 0 Å². The molecule has 0 fully saturated rings. The minimum Gasteiger partial charge on any atom is -0.374 e. The van der Waals surface area contributed by atoms with E-state index in [-0.39, 0.29) is 17.7 Å². The van der Waals surface area contributed by atoms with E-state index in [4.69, 9.17) is 0 Å². The van der Waals surface area contributed by atoms with Gasteiger partial charge in [-0.15, -0.1) is 0 Å². The summed E-state index contributed by atoms with van der Waals surface area (Å²) in [5.41, 5.74) is 2.60. The summed E-state index contributed by atoms with van der Waals surface area (Å²) < 4.78 is 0. The molecule has 0 bridgehead atoms. The highest BCUT2D eigenvalue weighted by Crippen LogP contribution is 2.12. The van der Waals surface area contributed by atoms with Gasteiger partial charge in [0.15, 0.2) is 5.78 Å². The topological polar surface area (TPSA) is 58.2 Å². The van der Waals surface area contributed by atoms with Crippen LogP contribution in [-0.2, 0) is 11.2 Å². The fourth-order valence-electron chi connectivity index (χ4n) is 2.27. The molecule has 0 aliphatic rings. The van der Waals surface area contributed by atoms with Crippen LogP contribution in [0.3, 0.4) is 0 Å². The van der Waals surface area contributed by atoms with Crippen molar-refractivity contribution in [3.8, 4) is 0 Å². The summed E-state index contributed by atoms with van der Waals surface area (Å²) in [5.74, 6) is -0.0530. The Morgan fingerprint density at radius 1 is 1.04 bits per heavy atom. The van der Waals surface area contributed by atoms with E-state index in [9.17, 15) is 9.59 Å². The van der Waals surface area contributed by atoms with Crippen LogP contribution in [0.15, 0.2) is 54.6 Å². The van der Waals surface area contributed by atoms with Gasteiger partial charge in [0, 0.05) is 17.8 Å². The average molecular weight is 310 g/mol. The lowest BCUT2D eigenvalue weighted by atomic mass is 10.1. The molecule has 23 heavy (non-hydrogen) atoms. The van der Waals surface area contributed by atoms with Crippen LogP contribution in [-0.4, -0.2) is 24.3 Å². The number of benzene rings is 2. The third-order valence-electron chi connectivity index (χ3n) is 3.60. The second kappa shape index (κ2) is 8.13. The molecule has 0 heterocycles. The van der Waals surface area contributed by atoms with Crippen molar-refractivity contribution in [3.05, 3.63) is 65.7 Å². The summed E-state index contributed by atoms with van der Waals surface area (Å²) in [6, 6.07) is 16.8. The molecule has 4 nitrogen and oxygen atoms in total. The van der Waals surface area contributed by atoms with Gasteiger partial charge in [-0.05, 0) is 38.0 Å². The number of hydrogen-bond acceptors (Lipinski definition) is 3. The minimum atomic E-state index is -0.368. The van der Waals surface area contributed by atoms with Gasteiger partial charge in [-0.3, -0.25) is 9.59 Å². The van der Waals surface area contributed by atoms with Gasteiger partial charge in [0.2, 0.25) is 5.91 Å². The van der Waals surface area contributed by atoms with Gasteiger partial charge in [-0.1, -0.05) is 42.5 Å². The van der Waals surface area contributed by atoms with Crippen LogP contribution in [0.4, 0.5) is 5.69 Å². The molecule has 0 aromatic heterocycles. The Balaban J connectivity index is 1.83. The molecule has 120 valence electrons. The summed E-state index contributed by atoms with van der Waals surface area (Å²) >= 11 is 0. The Kier molecular flexibility index (Phi) is 5.92. The first-order valence-electron chi connectivity index (χ1n) is 7.75. The lowest BCUT2D eigenvalue weighted by molar-refractivity contribution is -0.121. The molecule has 2 aromatic carbocycles. The number of carbonyl (C=O) groups excluding carboxylic acids is 2. The predicted octanol–water partition coefficient (Wildman–Crippen LogP) is 3.05. The van der Waals surface area contributed by atoms with Gasteiger partial charge >= 0.3 is 0 Å². The van der Waals surface area contributed by atoms with Crippen molar-refractivity contribution >= 4 is 17.4 Å². The second-order valence-electron chi connectivity index (χ2n) is 5.53. The van der Waals surface area contributed by atoms with Crippen molar-refractivity contribution in [1.82, 2.24) is 5.32 Å². The second-order valence-corrected chi connectivity index (χ2v) is 5.53. The largest absolute Gasteiger partial charge is 0.374 e. The Bertz CT molecular complexity index is 668. The Labute approximate surface area is 136 Å². The molecule has 1 atom stereocenters. The first-order valence-corrected chi connectivity index (χ1v) is 7.75. The molecule has 0 spiro atoms. The third kappa shape index (κ3) is 5.25. The van der Waals surface area contributed by atoms with Crippen molar-refractivity contribution in [1.29, 1.82) is 0 Å². The average Bonchev–Trinajstić information content (AvgIpc) is 2.56. The molecule has 0 aliphatic carbocycles. The normalized spacial score (nSPS) is 11.6. The molecular formula is C19H22N2O2. The Morgan fingerprint density at radius 2 is 1.78 bits per heavy atom. The SMILES string of the molecule is CC(=O)c1cccc(NC(C)C(=O)NCCc2ccccc2)c1. The van der Waals surface area contributed by atoms with E-state index in [2.05, 4.69) is 10.6 Å². The van der Waals surface area contributed by atoms with Crippen molar-refractivity contribution in [3.63, 3.8) is 0 Å². The number of anilines is 1. The summed E-state index contributed by atoms with van der Waals surface area (Å²) in [6.45, 7) is 3.93. The molecule has 1 amide bonds. The zero-order chi connectivity index (χ0) is 16.7. The van der Waals surface area contributed by atoms with Crippen LogP contribution in [0, 0.1) is 0 Å². The monoisotopic (exact) mass is 310 g/mol. The number of hydrogen-bond donors (Lipinski definition) is 2. The molecule has 0 saturated heterocycles. The van der Waals surface area contributed by atoms with E-state index in [0.717, 1.165) is 12.1 Å². The maximum Gasteiger partial charge on any atom is 0.242 e. The van der Waals surface area contributed by atoms with E-state index in [1.807, 2.05) is 36.4 Å². The number of amides is 1. The van der Waals surface area contributed by atoms with Crippen LogP contribution in [0.1, 0.15) is 29.8 Å². The zero-order valence-electron chi connectivity index (χ0n) is 13.5. The minimum absolute atomic E-state index is 0.00798. The van der Waals surface area contributed by atoms with Gasteiger partial charge in [-0.2, -0.15) is 0 Å². The van der Waals surface area contributed by atoms with Crippen molar-refractivity contribution in [2.24, 2.45) is 0 Å². The highest BCUT2D eigenvalue weighted by Gasteiger charge is 2.12. The number of carbonyl (C=O) groups is 2. The standard InChI is InChI=1S/C19H22N2O2/c1-14(21-18-10-6-9-17(13-18)15(2)22)19(23)20-12-11-16-7-4-3-5-8-16/h3-10,13-14,21H,11-12H2,1-2H3,(H,20,23). The quantitative estimate of drug-likeness (QED) is 0.773. The lowest BCUT2D eigenvalue weighted by Gasteiger charge is -2.15. The van der Waals surface area contributed by atoms with Crippen LogP contribution in [0.25, 0.3) is 0 Å². The number of rotatable bonds is 7. The molecule has 0 saturated carbocycles. The fourth-order valence-corrected chi connectivity index (χ4v) is 2.27. The Hall–Kier alpha value is -2.62. The maximum atomic E-state index is 12.1. The van der Waals surface area contributed by atoms with Crippen LogP contribution >= 0.6 is 0 Å². The van der Waals surface area contributed by atoms with Gasteiger partial charge in [0.1, 0.15) is 6.04 Å².